The zero-order valence-electron chi connectivity index (χ0n) is 13.4. The van der Waals surface area contributed by atoms with Crippen LogP contribution in [-0.4, -0.2) is 55.0 Å². The predicted octanol–water partition coefficient (Wildman–Crippen LogP) is 2.00. The van der Waals surface area contributed by atoms with Crippen LogP contribution in [0, 0.1) is 5.92 Å². The standard InChI is InChI=1S/C16H34N2O2/c1-3-5-10-20-13-15(19)12-18(4-2)16-9-7-6-8-14(16)11-17/h14-16,19H,3-13,17H2,1-2H3. The molecule has 3 N–H and O–H groups in total. The lowest BCUT2D eigenvalue weighted by Crippen LogP contribution is -2.48. The zero-order chi connectivity index (χ0) is 14.8. The van der Waals surface area contributed by atoms with Crippen molar-refractivity contribution in [2.45, 2.75) is 64.5 Å². The van der Waals surface area contributed by atoms with Crippen molar-refractivity contribution >= 4 is 0 Å². The Morgan fingerprint density at radius 1 is 1.30 bits per heavy atom. The molecule has 0 saturated heterocycles. The van der Waals surface area contributed by atoms with Crippen LogP contribution in [0.25, 0.3) is 0 Å². The van der Waals surface area contributed by atoms with Crippen molar-refractivity contribution in [1.29, 1.82) is 0 Å². The van der Waals surface area contributed by atoms with Crippen LogP contribution in [0.3, 0.4) is 0 Å². The van der Waals surface area contributed by atoms with Crippen LogP contribution in [0.15, 0.2) is 0 Å². The van der Waals surface area contributed by atoms with Gasteiger partial charge in [0, 0.05) is 19.2 Å². The lowest BCUT2D eigenvalue weighted by atomic mass is 9.83. The molecule has 1 fully saturated rings. The van der Waals surface area contributed by atoms with E-state index in [9.17, 15) is 5.11 Å². The monoisotopic (exact) mass is 286 g/mol. The summed E-state index contributed by atoms with van der Waals surface area (Å²) >= 11 is 0. The molecule has 0 aromatic rings. The molecular weight excluding hydrogens is 252 g/mol. The quantitative estimate of drug-likeness (QED) is 0.603. The third-order valence-corrected chi connectivity index (χ3v) is 4.44. The van der Waals surface area contributed by atoms with Crippen molar-refractivity contribution in [2.75, 3.05) is 32.8 Å². The van der Waals surface area contributed by atoms with Gasteiger partial charge in [-0.05, 0) is 38.3 Å². The molecule has 120 valence electrons. The molecule has 3 unspecified atom stereocenters. The van der Waals surface area contributed by atoms with Crippen molar-refractivity contribution in [3.8, 4) is 0 Å². The average Bonchev–Trinajstić information content (AvgIpc) is 2.49. The second kappa shape index (κ2) is 10.6. The third-order valence-electron chi connectivity index (χ3n) is 4.44. The summed E-state index contributed by atoms with van der Waals surface area (Å²) in [5.41, 5.74) is 5.92. The Morgan fingerprint density at radius 2 is 2.05 bits per heavy atom. The molecule has 4 heteroatoms. The van der Waals surface area contributed by atoms with Gasteiger partial charge in [0.25, 0.3) is 0 Å². The van der Waals surface area contributed by atoms with Crippen molar-refractivity contribution in [2.24, 2.45) is 11.7 Å². The van der Waals surface area contributed by atoms with Gasteiger partial charge in [0.05, 0.1) is 12.7 Å². The number of hydrogen-bond donors (Lipinski definition) is 2. The molecule has 4 nitrogen and oxygen atoms in total. The molecule has 0 radical (unpaired) electrons. The summed E-state index contributed by atoms with van der Waals surface area (Å²) < 4.78 is 5.52. The number of aliphatic hydroxyl groups excluding tert-OH is 1. The molecule has 1 saturated carbocycles. The molecule has 1 aliphatic carbocycles. The first-order valence-electron chi connectivity index (χ1n) is 8.42. The third kappa shape index (κ3) is 6.08. The Labute approximate surface area is 124 Å². The molecule has 20 heavy (non-hydrogen) atoms. The summed E-state index contributed by atoms with van der Waals surface area (Å²) in [6.07, 6.45) is 6.88. The Balaban J connectivity index is 2.36. The molecule has 0 aromatic carbocycles. The maximum atomic E-state index is 10.1. The summed E-state index contributed by atoms with van der Waals surface area (Å²) in [6.45, 7) is 7.99. The van der Waals surface area contributed by atoms with Gasteiger partial charge in [-0.25, -0.2) is 0 Å². The first kappa shape index (κ1) is 17.9. The summed E-state index contributed by atoms with van der Waals surface area (Å²) in [6, 6.07) is 0.545. The minimum atomic E-state index is -0.382. The maximum absolute atomic E-state index is 10.1. The van der Waals surface area contributed by atoms with E-state index in [1.165, 1.54) is 25.7 Å². The fourth-order valence-electron chi connectivity index (χ4n) is 3.23. The van der Waals surface area contributed by atoms with E-state index >= 15 is 0 Å². The normalized spacial score (nSPS) is 25.1. The number of rotatable bonds is 10. The topological polar surface area (TPSA) is 58.7 Å². The van der Waals surface area contributed by atoms with Gasteiger partial charge in [-0.1, -0.05) is 33.1 Å². The second-order valence-corrected chi connectivity index (χ2v) is 6.02. The number of ether oxygens (including phenoxy) is 1. The zero-order valence-corrected chi connectivity index (χ0v) is 13.4. The molecule has 1 rings (SSSR count). The predicted molar refractivity (Wildman–Crippen MR) is 83.8 cm³/mol. The van der Waals surface area contributed by atoms with Gasteiger partial charge < -0.3 is 15.6 Å². The maximum Gasteiger partial charge on any atom is 0.0900 e. The highest BCUT2D eigenvalue weighted by molar-refractivity contribution is 4.84. The lowest BCUT2D eigenvalue weighted by molar-refractivity contribution is -0.00217. The first-order chi connectivity index (χ1) is 9.72. The van der Waals surface area contributed by atoms with Gasteiger partial charge in [-0.3, -0.25) is 4.90 Å². The highest BCUT2D eigenvalue weighted by Gasteiger charge is 2.29. The van der Waals surface area contributed by atoms with E-state index in [4.69, 9.17) is 10.5 Å². The van der Waals surface area contributed by atoms with Gasteiger partial charge in [-0.15, -0.1) is 0 Å². The fraction of sp³-hybridized carbons (Fsp3) is 1.00. The Bertz CT molecular complexity index is 239. The molecule has 1 aliphatic rings. The number of hydrogen-bond acceptors (Lipinski definition) is 4. The van der Waals surface area contributed by atoms with E-state index in [0.717, 1.165) is 32.5 Å². The van der Waals surface area contributed by atoms with Crippen LogP contribution in [0.1, 0.15) is 52.4 Å². The van der Waals surface area contributed by atoms with Gasteiger partial charge in [0.15, 0.2) is 0 Å². The van der Waals surface area contributed by atoms with E-state index in [1.54, 1.807) is 0 Å². The van der Waals surface area contributed by atoms with Gasteiger partial charge >= 0.3 is 0 Å². The van der Waals surface area contributed by atoms with Crippen molar-refractivity contribution in [3.05, 3.63) is 0 Å². The molecule has 0 aromatic heterocycles. The number of nitrogens with two attached hydrogens (primary N) is 1. The second-order valence-electron chi connectivity index (χ2n) is 6.02. The van der Waals surface area contributed by atoms with E-state index in [1.807, 2.05) is 0 Å². The number of aliphatic hydroxyl groups is 1. The minimum absolute atomic E-state index is 0.382. The number of likely N-dealkylation sites (N-methyl/N-ethyl adjacent to an activating group) is 1. The SMILES string of the molecule is CCCCOCC(O)CN(CC)C1CCCCC1CN. The van der Waals surface area contributed by atoms with Crippen molar-refractivity contribution in [3.63, 3.8) is 0 Å². The largest absolute Gasteiger partial charge is 0.389 e. The van der Waals surface area contributed by atoms with E-state index in [2.05, 4.69) is 18.7 Å². The minimum Gasteiger partial charge on any atom is -0.389 e. The average molecular weight is 286 g/mol. The van der Waals surface area contributed by atoms with E-state index in [-0.39, 0.29) is 6.10 Å². The van der Waals surface area contributed by atoms with Gasteiger partial charge in [-0.2, -0.15) is 0 Å². The highest BCUT2D eigenvalue weighted by atomic mass is 16.5. The smallest absolute Gasteiger partial charge is 0.0900 e. The molecule has 0 amide bonds. The Hall–Kier alpha value is -0.160. The molecule has 0 spiro atoms. The van der Waals surface area contributed by atoms with Crippen LogP contribution in [0.2, 0.25) is 0 Å². The van der Waals surface area contributed by atoms with Crippen LogP contribution in [0.4, 0.5) is 0 Å². The lowest BCUT2D eigenvalue weighted by Gasteiger charge is -2.40. The number of nitrogens with zero attached hydrogens (tertiary/aromatic N) is 1. The number of unbranched alkanes of at least 4 members (excludes halogenated alkanes) is 1. The summed E-state index contributed by atoms with van der Waals surface area (Å²) in [5, 5.41) is 10.1. The van der Waals surface area contributed by atoms with Crippen molar-refractivity contribution < 1.29 is 9.84 Å². The molecule has 0 bridgehead atoms. The van der Waals surface area contributed by atoms with Crippen LogP contribution in [-0.2, 0) is 4.74 Å². The van der Waals surface area contributed by atoms with Gasteiger partial charge in [0.1, 0.15) is 0 Å². The first-order valence-corrected chi connectivity index (χ1v) is 8.42. The van der Waals surface area contributed by atoms with Crippen LogP contribution < -0.4 is 5.73 Å². The highest BCUT2D eigenvalue weighted by Crippen LogP contribution is 2.27. The van der Waals surface area contributed by atoms with Crippen molar-refractivity contribution in [1.82, 2.24) is 4.90 Å². The van der Waals surface area contributed by atoms with Crippen LogP contribution >= 0.6 is 0 Å². The molecule has 0 heterocycles. The van der Waals surface area contributed by atoms with E-state index < -0.39 is 0 Å². The van der Waals surface area contributed by atoms with E-state index in [0.29, 0.717) is 25.1 Å². The molecule has 0 aliphatic heterocycles. The molecule has 3 atom stereocenters. The fourth-order valence-corrected chi connectivity index (χ4v) is 3.23. The molecular formula is C16H34N2O2. The summed E-state index contributed by atoms with van der Waals surface area (Å²) in [7, 11) is 0. The van der Waals surface area contributed by atoms with Gasteiger partial charge in [0.2, 0.25) is 0 Å². The Morgan fingerprint density at radius 3 is 2.70 bits per heavy atom. The summed E-state index contributed by atoms with van der Waals surface area (Å²) in [4.78, 5) is 2.41. The Kier molecular flexibility index (Phi) is 9.44. The van der Waals surface area contributed by atoms with Crippen LogP contribution in [0.5, 0.6) is 0 Å². The summed E-state index contributed by atoms with van der Waals surface area (Å²) in [5.74, 6) is 0.594.